The average molecular weight is 380 g/mol. The van der Waals surface area contributed by atoms with Crippen LogP contribution in [0, 0.1) is 0 Å². The van der Waals surface area contributed by atoms with Crippen LogP contribution in [0.2, 0.25) is 0 Å². The van der Waals surface area contributed by atoms with E-state index in [-0.39, 0.29) is 5.78 Å². The molecule has 0 amide bonds. The van der Waals surface area contributed by atoms with Crippen LogP contribution in [-0.4, -0.2) is 5.78 Å². The van der Waals surface area contributed by atoms with E-state index in [4.69, 9.17) is 0 Å². The molecule has 2 aromatic carbocycles. The van der Waals surface area contributed by atoms with Gasteiger partial charge in [0, 0.05) is 14.5 Å². The van der Waals surface area contributed by atoms with E-state index in [9.17, 15) is 4.79 Å². The third-order valence-electron chi connectivity index (χ3n) is 3.74. The van der Waals surface area contributed by atoms with E-state index in [0.717, 1.165) is 31.2 Å². The lowest BCUT2D eigenvalue weighted by Crippen LogP contribution is -2.33. The zero-order valence-corrected chi connectivity index (χ0v) is 13.8. The largest absolute Gasteiger partial charge is 0.293 e. The van der Waals surface area contributed by atoms with Crippen molar-refractivity contribution in [2.45, 2.75) is 19.3 Å². The van der Waals surface area contributed by atoms with Crippen molar-refractivity contribution < 1.29 is 4.79 Å². The fraction of sp³-hybridized carbons (Fsp3) is 0.188. The maximum Gasteiger partial charge on any atom is 0.173 e. The Kier molecular flexibility index (Phi) is 2.95. The number of rotatable bonds is 0. The summed E-state index contributed by atoms with van der Waals surface area (Å²) in [6.07, 6.45) is 0. The number of ketones is 1. The van der Waals surface area contributed by atoms with Gasteiger partial charge in [-0.15, -0.1) is 0 Å². The van der Waals surface area contributed by atoms with Gasteiger partial charge in [-0.3, -0.25) is 4.79 Å². The van der Waals surface area contributed by atoms with Gasteiger partial charge in [0.1, 0.15) is 0 Å². The first-order valence-corrected chi connectivity index (χ1v) is 7.64. The molecular weight excluding hydrogens is 368 g/mol. The first kappa shape index (κ1) is 13.1. The molecule has 0 bridgehead atoms. The topological polar surface area (TPSA) is 17.1 Å². The summed E-state index contributed by atoms with van der Waals surface area (Å²) in [6, 6.07) is 12.1. The molecule has 0 N–H and O–H groups in total. The fourth-order valence-electron chi connectivity index (χ4n) is 2.67. The van der Waals surface area contributed by atoms with E-state index >= 15 is 0 Å². The Morgan fingerprint density at radius 1 is 0.842 bits per heavy atom. The van der Waals surface area contributed by atoms with Crippen LogP contribution in [0.1, 0.15) is 29.8 Å². The highest BCUT2D eigenvalue weighted by atomic mass is 79.9. The number of halogens is 2. The summed E-state index contributed by atoms with van der Waals surface area (Å²) in [7, 11) is 0. The van der Waals surface area contributed by atoms with Gasteiger partial charge in [0.15, 0.2) is 5.78 Å². The van der Waals surface area contributed by atoms with Crippen molar-refractivity contribution in [1.82, 2.24) is 0 Å². The second-order valence-corrected chi connectivity index (χ2v) is 7.17. The number of benzene rings is 2. The summed E-state index contributed by atoms with van der Waals surface area (Å²) in [6.45, 7) is 3.98. The van der Waals surface area contributed by atoms with Crippen molar-refractivity contribution in [3.63, 3.8) is 0 Å². The molecule has 0 spiro atoms. The molecule has 0 atom stereocenters. The molecule has 1 aliphatic rings. The van der Waals surface area contributed by atoms with E-state index < -0.39 is 5.41 Å². The number of carbonyl (C=O) groups excluding carboxylic acids is 1. The number of hydrogen-bond donors (Lipinski definition) is 0. The molecule has 0 fully saturated rings. The lowest BCUT2D eigenvalue weighted by Gasteiger charge is -2.32. The molecule has 3 heteroatoms. The molecule has 96 valence electrons. The number of Topliss-reactive ketones (excluding diaryl/α,β-unsaturated/α-hetero) is 1. The van der Waals surface area contributed by atoms with E-state index in [1.54, 1.807) is 0 Å². The van der Waals surface area contributed by atoms with Gasteiger partial charge < -0.3 is 0 Å². The van der Waals surface area contributed by atoms with Gasteiger partial charge >= 0.3 is 0 Å². The molecule has 0 unspecified atom stereocenters. The molecule has 0 aromatic heterocycles. The molecule has 19 heavy (non-hydrogen) atoms. The van der Waals surface area contributed by atoms with Crippen LogP contribution in [0.4, 0.5) is 0 Å². The highest BCUT2D eigenvalue weighted by Gasteiger charge is 2.38. The number of carbonyl (C=O) groups is 1. The summed E-state index contributed by atoms with van der Waals surface area (Å²) in [4.78, 5) is 12.7. The highest BCUT2D eigenvalue weighted by Crippen LogP contribution is 2.44. The van der Waals surface area contributed by atoms with Gasteiger partial charge in [0.25, 0.3) is 0 Å². The van der Waals surface area contributed by atoms with Gasteiger partial charge in [-0.2, -0.15) is 0 Å². The SMILES string of the molecule is CC1(C)C(=O)c2cc(Br)ccc2-c2ccc(Br)cc21. The van der Waals surface area contributed by atoms with Crippen LogP contribution in [-0.2, 0) is 5.41 Å². The minimum atomic E-state index is -0.493. The molecule has 1 nitrogen and oxygen atoms in total. The molecule has 0 heterocycles. The van der Waals surface area contributed by atoms with Crippen molar-refractivity contribution >= 4 is 37.6 Å². The first-order valence-electron chi connectivity index (χ1n) is 6.06. The Balaban J connectivity index is 2.40. The maximum absolute atomic E-state index is 12.7. The highest BCUT2D eigenvalue weighted by molar-refractivity contribution is 9.10. The summed E-state index contributed by atoms with van der Waals surface area (Å²) in [5.74, 6) is 0.175. The van der Waals surface area contributed by atoms with Crippen LogP contribution in [0.3, 0.4) is 0 Å². The van der Waals surface area contributed by atoms with Gasteiger partial charge in [-0.1, -0.05) is 44.0 Å². The lowest BCUT2D eigenvalue weighted by atomic mass is 9.69. The second kappa shape index (κ2) is 4.29. The lowest BCUT2D eigenvalue weighted by molar-refractivity contribution is 0.0906. The fourth-order valence-corrected chi connectivity index (χ4v) is 3.39. The van der Waals surface area contributed by atoms with Crippen LogP contribution >= 0.6 is 31.9 Å². The Hall–Kier alpha value is -0.930. The van der Waals surface area contributed by atoms with Gasteiger partial charge in [-0.05, 0) is 54.8 Å². The normalized spacial score (nSPS) is 15.9. The molecule has 0 aliphatic heterocycles. The van der Waals surface area contributed by atoms with Crippen molar-refractivity contribution in [2.75, 3.05) is 0 Å². The van der Waals surface area contributed by atoms with Crippen LogP contribution in [0.25, 0.3) is 11.1 Å². The predicted octanol–water partition coefficient (Wildman–Crippen LogP) is 5.35. The Labute approximate surface area is 129 Å². The third kappa shape index (κ3) is 1.91. The van der Waals surface area contributed by atoms with E-state index in [0.29, 0.717) is 0 Å². The summed E-state index contributed by atoms with van der Waals surface area (Å²) in [5.41, 5.74) is 3.56. The van der Waals surface area contributed by atoms with Crippen molar-refractivity contribution in [2.24, 2.45) is 0 Å². The summed E-state index contributed by atoms with van der Waals surface area (Å²) >= 11 is 6.94. The molecule has 1 aliphatic carbocycles. The van der Waals surface area contributed by atoms with Crippen molar-refractivity contribution in [3.8, 4) is 11.1 Å². The Morgan fingerprint density at radius 3 is 2.11 bits per heavy atom. The zero-order chi connectivity index (χ0) is 13.8. The van der Waals surface area contributed by atoms with Crippen LogP contribution in [0.5, 0.6) is 0 Å². The second-order valence-electron chi connectivity index (χ2n) is 5.33. The summed E-state index contributed by atoms with van der Waals surface area (Å²) in [5, 5.41) is 0. The quantitative estimate of drug-likeness (QED) is 0.602. The van der Waals surface area contributed by atoms with E-state index in [2.05, 4.69) is 44.0 Å². The molecule has 0 radical (unpaired) electrons. The van der Waals surface area contributed by atoms with Gasteiger partial charge in [0.05, 0.1) is 5.41 Å². The monoisotopic (exact) mass is 378 g/mol. The third-order valence-corrected chi connectivity index (χ3v) is 4.73. The Bertz CT molecular complexity index is 702. The van der Waals surface area contributed by atoms with Gasteiger partial charge in [0.2, 0.25) is 0 Å². The minimum Gasteiger partial charge on any atom is -0.293 e. The molecule has 0 saturated carbocycles. The molecule has 0 saturated heterocycles. The smallest absolute Gasteiger partial charge is 0.173 e. The van der Waals surface area contributed by atoms with Crippen molar-refractivity contribution in [1.29, 1.82) is 0 Å². The molecular formula is C16H12Br2O. The number of fused-ring (bicyclic) bond motifs is 3. The minimum absolute atomic E-state index is 0.175. The van der Waals surface area contributed by atoms with Crippen LogP contribution < -0.4 is 0 Å². The molecule has 2 aromatic rings. The van der Waals surface area contributed by atoms with Gasteiger partial charge in [-0.25, -0.2) is 0 Å². The Morgan fingerprint density at radius 2 is 1.42 bits per heavy atom. The maximum atomic E-state index is 12.7. The van der Waals surface area contributed by atoms with Crippen LogP contribution in [0.15, 0.2) is 45.3 Å². The summed E-state index contributed by atoms with van der Waals surface area (Å²) < 4.78 is 1.95. The predicted molar refractivity (Wildman–Crippen MR) is 84.6 cm³/mol. The zero-order valence-electron chi connectivity index (χ0n) is 10.6. The molecule has 3 rings (SSSR count). The van der Waals surface area contributed by atoms with E-state index in [1.165, 1.54) is 0 Å². The number of hydrogen-bond acceptors (Lipinski definition) is 1. The van der Waals surface area contributed by atoms with Crippen molar-refractivity contribution in [3.05, 3.63) is 56.5 Å². The standard InChI is InChI=1S/C16H12Br2O/c1-16(2)14-8-10(18)4-6-12(14)11-5-3-9(17)7-13(11)15(16)19/h3-8H,1-2H3. The first-order chi connectivity index (χ1) is 8.91. The van der Waals surface area contributed by atoms with E-state index in [1.807, 2.05) is 38.1 Å². The average Bonchev–Trinajstić information content (AvgIpc) is 2.37.